The molecule has 0 saturated carbocycles. The summed E-state index contributed by atoms with van der Waals surface area (Å²) in [6.07, 6.45) is -2.47. The van der Waals surface area contributed by atoms with Gasteiger partial charge in [0, 0.05) is 6.07 Å². The average molecular weight is 229 g/mol. The summed E-state index contributed by atoms with van der Waals surface area (Å²) in [7, 11) is 0. The first-order valence-electron chi connectivity index (χ1n) is 4.50. The molecule has 86 valence electrons. The molecule has 0 unspecified atom stereocenters. The molecule has 2 rings (SSSR count). The number of nitrogens with one attached hydrogen (secondary N) is 2. The van der Waals surface area contributed by atoms with E-state index in [4.69, 9.17) is 10.2 Å². The molecule has 0 spiro atoms. The molecule has 0 bridgehead atoms. The summed E-state index contributed by atoms with van der Waals surface area (Å²) >= 11 is 0. The molecule has 1 aromatic carbocycles. The van der Waals surface area contributed by atoms with Crippen molar-refractivity contribution in [1.29, 1.82) is 0 Å². The molecule has 1 aromatic heterocycles. The Kier molecular flexibility index (Phi) is 2.51. The van der Waals surface area contributed by atoms with Gasteiger partial charge in [0.2, 0.25) is 0 Å². The number of anilines is 2. The van der Waals surface area contributed by atoms with E-state index in [0.29, 0.717) is 16.8 Å². The summed E-state index contributed by atoms with van der Waals surface area (Å²) in [5.41, 5.74) is 6.89. The lowest BCUT2D eigenvalue weighted by Gasteiger charge is -2.08. The van der Waals surface area contributed by atoms with Crippen molar-refractivity contribution in [2.45, 2.75) is 6.43 Å². The highest BCUT2D eigenvalue weighted by Crippen LogP contribution is 2.24. The second kappa shape index (κ2) is 3.84. The molecule has 0 aliphatic carbocycles. The number of nitrogen functional groups attached to an aromatic ring is 1. The summed E-state index contributed by atoms with van der Waals surface area (Å²) in [5, 5.41) is 2.48. The van der Waals surface area contributed by atoms with E-state index < -0.39 is 18.7 Å². The van der Waals surface area contributed by atoms with Crippen molar-refractivity contribution in [2.24, 2.45) is 0 Å². The zero-order valence-electron chi connectivity index (χ0n) is 8.09. The molecule has 2 aromatic rings. The summed E-state index contributed by atoms with van der Waals surface area (Å²) in [6, 6.07) is 2.86. The van der Waals surface area contributed by atoms with Crippen molar-refractivity contribution >= 4 is 22.5 Å². The van der Waals surface area contributed by atoms with Crippen LogP contribution in [0.15, 0.2) is 21.3 Å². The van der Waals surface area contributed by atoms with Crippen molar-refractivity contribution in [3.05, 3.63) is 22.7 Å². The molecule has 0 radical (unpaired) electrons. The van der Waals surface area contributed by atoms with E-state index in [2.05, 4.69) is 10.3 Å². The van der Waals surface area contributed by atoms with Crippen LogP contribution in [0.25, 0.3) is 11.1 Å². The maximum Gasteiger partial charge on any atom is 0.417 e. The van der Waals surface area contributed by atoms with Crippen molar-refractivity contribution in [1.82, 2.24) is 4.98 Å². The van der Waals surface area contributed by atoms with Gasteiger partial charge in [0.15, 0.2) is 5.58 Å². The molecule has 0 saturated heterocycles. The first-order valence-corrected chi connectivity index (χ1v) is 4.50. The van der Waals surface area contributed by atoms with E-state index in [0.717, 1.165) is 0 Å². The number of rotatable bonds is 3. The third kappa shape index (κ3) is 1.97. The van der Waals surface area contributed by atoms with Gasteiger partial charge in [0.05, 0.1) is 23.4 Å². The molecule has 7 heteroatoms. The largest absolute Gasteiger partial charge is 0.417 e. The number of aromatic nitrogens is 1. The van der Waals surface area contributed by atoms with Crippen molar-refractivity contribution in [3.8, 4) is 0 Å². The summed E-state index contributed by atoms with van der Waals surface area (Å²) < 4.78 is 28.7. The van der Waals surface area contributed by atoms with Gasteiger partial charge in [0.1, 0.15) is 0 Å². The van der Waals surface area contributed by atoms with E-state index in [9.17, 15) is 13.6 Å². The van der Waals surface area contributed by atoms with E-state index in [1.54, 1.807) is 0 Å². The Morgan fingerprint density at radius 2 is 2.25 bits per heavy atom. The van der Waals surface area contributed by atoms with E-state index >= 15 is 0 Å². The van der Waals surface area contributed by atoms with E-state index in [1.165, 1.54) is 12.1 Å². The molecule has 0 fully saturated rings. The number of aromatic amines is 1. The Labute approximate surface area is 88.2 Å². The highest BCUT2D eigenvalue weighted by atomic mass is 19.3. The van der Waals surface area contributed by atoms with E-state index in [1.807, 2.05) is 0 Å². The number of hydrogen-bond donors (Lipinski definition) is 3. The van der Waals surface area contributed by atoms with Gasteiger partial charge in [-0.15, -0.1) is 0 Å². The van der Waals surface area contributed by atoms with Crippen LogP contribution in [0.4, 0.5) is 20.2 Å². The van der Waals surface area contributed by atoms with Crippen LogP contribution in [0.1, 0.15) is 0 Å². The topological polar surface area (TPSA) is 84.0 Å². The normalized spacial score (nSPS) is 11.2. The van der Waals surface area contributed by atoms with Crippen LogP contribution in [0.5, 0.6) is 0 Å². The number of halogens is 2. The lowest BCUT2D eigenvalue weighted by molar-refractivity contribution is 0.163. The second-order valence-corrected chi connectivity index (χ2v) is 3.22. The Hall–Kier alpha value is -2.05. The van der Waals surface area contributed by atoms with Gasteiger partial charge in [-0.25, -0.2) is 13.6 Å². The van der Waals surface area contributed by atoms with Crippen LogP contribution in [0.2, 0.25) is 0 Å². The maximum atomic E-state index is 12.0. The van der Waals surface area contributed by atoms with Gasteiger partial charge in [-0.05, 0) is 6.07 Å². The van der Waals surface area contributed by atoms with Crippen molar-refractivity contribution in [2.75, 3.05) is 17.6 Å². The second-order valence-electron chi connectivity index (χ2n) is 3.22. The van der Waals surface area contributed by atoms with E-state index in [-0.39, 0.29) is 5.69 Å². The molecular weight excluding hydrogens is 220 g/mol. The Morgan fingerprint density at radius 3 is 2.94 bits per heavy atom. The van der Waals surface area contributed by atoms with Gasteiger partial charge < -0.3 is 15.5 Å². The molecule has 0 atom stereocenters. The van der Waals surface area contributed by atoms with Gasteiger partial charge in [-0.1, -0.05) is 0 Å². The molecule has 0 aliphatic rings. The summed E-state index contributed by atoms with van der Waals surface area (Å²) in [6.45, 7) is -0.502. The van der Waals surface area contributed by atoms with Crippen molar-refractivity contribution < 1.29 is 13.2 Å². The SMILES string of the molecule is Nc1cc2oc(=O)[nH]c2cc1NCC(F)F. The van der Waals surface area contributed by atoms with Gasteiger partial charge in [-0.3, -0.25) is 4.98 Å². The molecule has 16 heavy (non-hydrogen) atoms. The zero-order valence-corrected chi connectivity index (χ0v) is 8.09. The van der Waals surface area contributed by atoms with Crippen LogP contribution in [0, 0.1) is 0 Å². The van der Waals surface area contributed by atoms with Gasteiger partial charge in [-0.2, -0.15) is 0 Å². The fraction of sp³-hybridized carbons (Fsp3) is 0.222. The molecule has 0 amide bonds. The standard InChI is InChI=1S/C9H9F2N3O2/c10-8(11)3-13-5-2-6-7(1-4(5)12)16-9(15)14-6/h1-2,8,13H,3,12H2,(H,14,15). The fourth-order valence-electron chi connectivity index (χ4n) is 1.35. The van der Waals surface area contributed by atoms with Crippen LogP contribution < -0.4 is 16.8 Å². The van der Waals surface area contributed by atoms with Crippen LogP contribution >= 0.6 is 0 Å². The van der Waals surface area contributed by atoms with Gasteiger partial charge >= 0.3 is 5.76 Å². The number of benzene rings is 1. The minimum absolute atomic E-state index is 0.246. The van der Waals surface area contributed by atoms with Crippen LogP contribution in [-0.2, 0) is 0 Å². The lowest BCUT2D eigenvalue weighted by Crippen LogP contribution is -2.11. The number of H-pyrrole nitrogens is 1. The number of fused-ring (bicyclic) bond motifs is 1. The molecule has 5 nitrogen and oxygen atoms in total. The Morgan fingerprint density at radius 1 is 1.50 bits per heavy atom. The number of alkyl halides is 2. The summed E-state index contributed by atoms with van der Waals surface area (Å²) in [4.78, 5) is 13.3. The third-order valence-corrected chi connectivity index (χ3v) is 2.04. The Balaban J connectivity index is 2.37. The quantitative estimate of drug-likeness (QED) is 0.694. The molecule has 0 aliphatic heterocycles. The molecule has 4 N–H and O–H groups in total. The first kappa shape index (κ1) is 10.5. The third-order valence-electron chi connectivity index (χ3n) is 2.04. The summed E-state index contributed by atoms with van der Waals surface area (Å²) in [5.74, 6) is -0.611. The zero-order chi connectivity index (χ0) is 11.7. The number of oxazole rings is 1. The first-order chi connectivity index (χ1) is 7.56. The number of nitrogens with two attached hydrogens (primary N) is 1. The molecule has 1 heterocycles. The maximum absolute atomic E-state index is 12.0. The average Bonchev–Trinajstić information content (AvgIpc) is 2.53. The monoisotopic (exact) mass is 229 g/mol. The highest BCUT2D eigenvalue weighted by Gasteiger charge is 2.08. The molecular formula is C9H9F2N3O2. The lowest BCUT2D eigenvalue weighted by atomic mass is 10.2. The predicted octanol–water partition coefficient (Wildman–Crippen LogP) is 1.38. The van der Waals surface area contributed by atoms with Crippen molar-refractivity contribution in [3.63, 3.8) is 0 Å². The minimum atomic E-state index is -2.47. The fourth-order valence-corrected chi connectivity index (χ4v) is 1.35. The van der Waals surface area contributed by atoms with Crippen LogP contribution in [0.3, 0.4) is 0 Å². The minimum Gasteiger partial charge on any atom is -0.408 e. The van der Waals surface area contributed by atoms with Crippen LogP contribution in [-0.4, -0.2) is 18.0 Å². The number of hydrogen-bond acceptors (Lipinski definition) is 4. The smallest absolute Gasteiger partial charge is 0.408 e. The Bertz CT molecular complexity index is 561. The highest BCUT2D eigenvalue weighted by molar-refractivity contribution is 5.85. The van der Waals surface area contributed by atoms with Gasteiger partial charge in [0.25, 0.3) is 6.43 Å². The predicted molar refractivity (Wildman–Crippen MR) is 55.7 cm³/mol.